The first-order valence-electron chi connectivity index (χ1n) is 7.72. The van der Waals surface area contributed by atoms with Gasteiger partial charge in [0.15, 0.2) is 5.69 Å². The number of nitro benzene ring substituents is 1. The fraction of sp³-hybridized carbons (Fsp3) is 0.118. The average Bonchev–Trinajstić information content (AvgIpc) is 2.84. The zero-order chi connectivity index (χ0) is 18.1. The van der Waals surface area contributed by atoms with Gasteiger partial charge in [-0.15, -0.1) is 10.2 Å². The molecule has 0 amide bonds. The minimum atomic E-state index is -0.787. The number of aromatic nitrogens is 3. The molecule has 1 N–H and O–H groups in total. The Bertz CT molecular complexity index is 998. The van der Waals surface area contributed by atoms with Crippen molar-refractivity contribution in [1.82, 2.24) is 15.2 Å². The maximum absolute atomic E-state index is 11.4. The Morgan fingerprint density at radius 1 is 1.15 bits per heavy atom. The van der Waals surface area contributed by atoms with Crippen LogP contribution in [0.4, 0.5) is 11.4 Å². The number of nitrogens with zero attached hydrogens (tertiary/aromatic N) is 4. The van der Waals surface area contributed by atoms with Crippen LogP contribution in [-0.4, -0.2) is 26.4 Å². The maximum Gasteiger partial charge on any atom is 0.278 e. The molecule has 0 aliphatic carbocycles. The molecule has 0 unspecified atom stereocenters. The number of rotatable bonds is 3. The van der Waals surface area contributed by atoms with E-state index in [0.29, 0.717) is 16.4 Å². The summed E-state index contributed by atoms with van der Waals surface area (Å²) in [6, 6.07) is 13.9. The standard InChI is InChI=1S/C17H13N5O3S/c1-26-17-19-16-14(20-21-17)10-6-2-4-8-12(10)18-15(25-16)11-7-3-5-9-13(11)22(23)24/h2-9,15,18H,1H3/t15-/m1/s1. The largest absolute Gasteiger partial charge is 0.447 e. The van der Waals surface area contributed by atoms with Crippen molar-refractivity contribution < 1.29 is 9.66 Å². The van der Waals surface area contributed by atoms with Gasteiger partial charge in [-0.05, 0) is 18.4 Å². The molecule has 4 rings (SSSR count). The number of hydrogen-bond donors (Lipinski definition) is 1. The fourth-order valence-corrected chi connectivity index (χ4v) is 3.05. The Balaban J connectivity index is 1.89. The highest BCUT2D eigenvalue weighted by Gasteiger charge is 2.29. The summed E-state index contributed by atoms with van der Waals surface area (Å²) in [7, 11) is 0. The molecule has 0 radical (unpaired) electrons. The zero-order valence-corrected chi connectivity index (χ0v) is 14.4. The van der Waals surface area contributed by atoms with Crippen molar-refractivity contribution >= 4 is 23.1 Å². The summed E-state index contributed by atoms with van der Waals surface area (Å²) in [5.41, 5.74) is 2.38. The van der Waals surface area contributed by atoms with Crippen molar-refractivity contribution in [3.63, 3.8) is 0 Å². The number of fused-ring (bicyclic) bond motifs is 3. The minimum Gasteiger partial charge on any atom is -0.447 e. The molecule has 130 valence electrons. The molecule has 0 fully saturated rings. The lowest BCUT2D eigenvalue weighted by atomic mass is 10.1. The lowest BCUT2D eigenvalue weighted by molar-refractivity contribution is -0.386. The van der Waals surface area contributed by atoms with Gasteiger partial charge in [-0.25, -0.2) is 0 Å². The first-order valence-corrected chi connectivity index (χ1v) is 8.94. The third kappa shape index (κ3) is 2.82. The highest BCUT2D eigenvalue weighted by Crippen LogP contribution is 2.40. The SMILES string of the molecule is CSc1nnc2c(n1)O[C@H](c1ccccc1[N+](=O)[O-])Nc1ccccc1-2. The van der Waals surface area contributed by atoms with Crippen molar-refractivity contribution in [2.24, 2.45) is 0 Å². The number of para-hydroxylation sites is 2. The number of thioether (sulfide) groups is 1. The van der Waals surface area contributed by atoms with Crippen LogP contribution in [0, 0.1) is 10.1 Å². The van der Waals surface area contributed by atoms with Gasteiger partial charge < -0.3 is 10.1 Å². The van der Waals surface area contributed by atoms with Gasteiger partial charge in [0.25, 0.3) is 5.69 Å². The summed E-state index contributed by atoms with van der Waals surface area (Å²) in [6.45, 7) is 0. The van der Waals surface area contributed by atoms with Crippen molar-refractivity contribution in [2.45, 2.75) is 11.4 Å². The normalized spacial score (nSPS) is 15.0. The lowest BCUT2D eigenvalue weighted by Gasteiger charge is -2.19. The van der Waals surface area contributed by atoms with E-state index in [-0.39, 0.29) is 11.6 Å². The zero-order valence-electron chi connectivity index (χ0n) is 13.6. The Kier molecular flexibility index (Phi) is 4.13. The first-order chi connectivity index (χ1) is 12.7. The molecule has 9 heteroatoms. The summed E-state index contributed by atoms with van der Waals surface area (Å²) in [6.07, 6.45) is 1.05. The molecule has 1 atom stereocenters. The molecule has 1 aromatic heterocycles. The molecule has 1 aliphatic rings. The summed E-state index contributed by atoms with van der Waals surface area (Å²) in [5, 5.41) is 23.4. The average molecular weight is 367 g/mol. The Labute approximate surface area is 152 Å². The van der Waals surface area contributed by atoms with Crippen LogP contribution in [0.25, 0.3) is 11.3 Å². The van der Waals surface area contributed by atoms with Crippen LogP contribution in [0.2, 0.25) is 0 Å². The van der Waals surface area contributed by atoms with E-state index in [2.05, 4.69) is 20.5 Å². The van der Waals surface area contributed by atoms with E-state index in [1.165, 1.54) is 17.8 Å². The van der Waals surface area contributed by atoms with Gasteiger partial charge in [-0.1, -0.05) is 42.1 Å². The highest BCUT2D eigenvalue weighted by atomic mass is 32.2. The van der Waals surface area contributed by atoms with Crippen molar-refractivity contribution in [1.29, 1.82) is 0 Å². The maximum atomic E-state index is 11.4. The smallest absolute Gasteiger partial charge is 0.278 e. The molecular weight excluding hydrogens is 354 g/mol. The van der Waals surface area contributed by atoms with Gasteiger partial charge in [0.2, 0.25) is 17.3 Å². The van der Waals surface area contributed by atoms with Gasteiger partial charge in [0.1, 0.15) is 0 Å². The number of anilines is 1. The van der Waals surface area contributed by atoms with Crippen LogP contribution in [0.15, 0.2) is 53.7 Å². The van der Waals surface area contributed by atoms with Gasteiger partial charge in [-0.3, -0.25) is 10.1 Å². The third-order valence-corrected chi connectivity index (χ3v) is 4.47. The second-order valence-corrected chi connectivity index (χ2v) is 6.23. The summed E-state index contributed by atoms with van der Waals surface area (Å²) >= 11 is 1.34. The Morgan fingerprint density at radius 3 is 2.73 bits per heavy atom. The monoisotopic (exact) mass is 367 g/mol. The number of ether oxygens (including phenoxy) is 1. The molecule has 0 saturated heterocycles. The topological polar surface area (TPSA) is 103 Å². The molecule has 1 aliphatic heterocycles. The molecule has 2 aromatic carbocycles. The van der Waals surface area contributed by atoms with E-state index >= 15 is 0 Å². The molecule has 0 bridgehead atoms. The Hall–Kier alpha value is -3.20. The molecule has 0 spiro atoms. The van der Waals surface area contributed by atoms with Gasteiger partial charge >= 0.3 is 0 Å². The second-order valence-electron chi connectivity index (χ2n) is 5.46. The highest BCUT2D eigenvalue weighted by molar-refractivity contribution is 7.98. The summed E-state index contributed by atoms with van der Waals surface area (Å²) < 4.78 is 6.02. The predicted molar refractivity (Wildman–Crippen MR) is 97.1 cm³/mol. The summed E-state index contributed by atoms with van der Waals surface area (Å²) in [5.74, 6) is 0.282. The number of hydrogen-bond acceptors (Lipinski definition) is 8. The van der Waals surface area contributed by atoms with Crippen LogP contribution < -0.4 is 10.1 Å². The third-order valence-electron chi connectivity index (χ3n) is 3.93. The van der Waals surface area contributed by atoms with Crippen LogP contribution in [0.3, 0.4) is 0 Å². The van der Waals surface area contributed by atoms with Gasteiger partial charge in [-0.2, -0.15) is 4.98 Å². The van der Waals surface area contributed by atoms with Crippen LogP contribution in [0.1, 0.15) is 11.8 Å². The van der Waals surface area contributed by atoms with Crippen molar-refractivity contribution in [3.8, 4) is 17.1 Å². The molecule has 26 heavy (non-hydrogen) atoms. The predicted octanol–water partition coefficient (Wildman–Crippen LogP) is 3.67. The van der Waals surface area contributed by atoms with E-state index in [4.69, 9.17) is 4.74 Å². The van der Waals surface area contributed by atoms with E-state index in [1.807, 2.05) is 30.5 Å². The first kappa shape index (κ1) is 16.3. The second kappa shape index (κ2) is 6.60. The minimum absolute atomic E-state index is 0.0296. The molecule has 3 aromatic rings. The lowest BCUT2D eigenvalue weighted by Crippen LogP contribution is -2.18. The molecule has 0 saturated carbocycles. The van der Waals surface area contributed by atoms with Crippen LogP contribution >= 0.6 is 11.8 Å². The molecular formula is C17H13N5O3S. The van der Waals surface area contributed by atoms with E-state index in [1.54, 1.807) is 18.2 Å². The number of nitrogens with one attached hydrogen (secondary N) is 1. The fourth-order valence-electron chi connectivity index (χ4n) is 2.75. The van der Waals surface area contributed by atoms with Crippen LogP contribution in [0.5, 0.6) is 5.88 Å². The van der Waals surface area contributed by atoms with Crippen molar-refractivity contribution in [3.05, 3.63) is 64.2 Å². The van der Waals surface area contributed by atoms with E-state index < -0.39 is 11.2 Å². The number of nitro groups is 1. The van der Waals surface area contributed by atoms with E-state index in [9.17, 15) is 10.1 Å². The van der Waals surface area contributed by atoms with Gasteiger partial charge in [0, 0.05) is 17.3 Å². The summed E-state index contributed by atoms with van der Waals surface area (Å²) in [4.78, 5) is 15.4. The number of benzene rings is 2. The van der Waals surface area contributed by atoms with Crippen molar-refractivity contribution in [2.75, 3.05) is 11.6 Å². The molecule has 2 heterocycles. The quantitative estimate of drug-likeness (QED) is 0.425. The van der Waals surface area contributed by atoms with Gasteiger partial charge in [0.05, 0.1) is 10.5 Å². The van der Waals surface area contributed by atoms with E-state index in [0.717, 1.165) is 11.3 Å². The van der Waals surface area contributed by atoms with Crippen LogP contribution in [-0.2, 0) is 0 Å². The molecule has 8 nitrogen and oxygen atoms in total. The Morgan fingerprint density at radius 2 is 1.92 bits per heavy atom.